The van der Waals surface area contributed by atoms with Crippen molar-refractivity contribution in [1.29, 1.82) is 0 Å². The molecule has 164 valence electrons. The van der Waals surface area contributed by atoms with Crippen LogP contribution in [0.2, 0.25) is 0 Å². The van der Waals surface area contributed by atoms with Crippen molar-refractivity contribution >= 4 is 17.6 Å². The van der Waals surface area contributed by atoms with E-state index >= 15 is 0 Å². The average molecular weight is 422 g/mol. The van der Waals surface area contributed by atoms with Crippen LogP contribution in [0.1, 0.15) is 30.9 Å². The van der Waals surface area contributed by atoms with Crippen molar-refractivity contribution in [2.24, 2.45) is 5.92 Å². The molecule has 2 fully saturated rings. The van der Waals surface area contributed by atoms with Gasteiger partial charge in [-0.05, 0) is 56.0 Å². The van der Waals surface area contributed by atoms with Gasteiger partial charge in [-0.1, -0.05) is 12.1 Å². The molecular formula is C24H31N5O2. The highest BCUT2D eigenvalue weighted by Crippen LogP contribution is 2.25. The highest BCUT2D eigenvalue weighted by Gasteiger charge is 2.32. The molecule has 3 heterocycles. The molecule has 0 aliphatic carbocycles. The Labute approximate surface area is 184 Å². The van der Waals surface area contributed by atoms with Crippen LogP contribution in [0.4, 0.5) is 5.82 Å². The molecule has 1 aromatic carbocycles. The lowest BCUT2D eigenvalue weighted by Crippen LogP contribution is -2.53. The highest BCUT2D eigenvalue weighted by atomic mass is 16.2. The van der Waals surface area contributed by atoms with Crippen molar-refractivity contribution < 1.29 is 9.59 Å². The lowest BCUT2D eigenvalue weighted by Gasteiger charge is -2.39. The standard InChI is InChI=1S/C24H31N5O2/c1-17-6-7-20(15-18(17)2)22-8-9-23(26-25-22)29-10-4-5-21(16-29)24(31)28-13-11-27(12-14-28)19(3)30/h6-9,15,21H,4-5,10-14,16H2,1-3H3/t21-/m1/s1. The van der Waals surface area contributed by atoms with Crippen LogP contribution in [0, 0.1) is 19.8 Å². The number of piperidine rings is 1. The predicted molar refractivity (Wildman–Crippen MR) is 121 cm³/mol. The van der Waals surface area contributed by atoms with Gasteiger partial charge in [0.1, 0.15) is 0 Å². The van der Waals surface area contributed by atoms with Crippen LogP contribution >= 0.6 is 0 Å². The number of anilines is 1. The third-order valence-electron chi connectivity index (χ3n) is 6.58. The number of nitrogens with zero attached hydrogens (tertiary/aromatic N) is 5. The fraction of sp³-hybridized carbons (Fsp3) is 0.500. The summed E-state index contributed by atoms with van der Waals surface area (Å²) in [6.07, 6.45) is 1.86. The predicted octanol–water partition coefficient (Wildman–Crippen LogP) is 2.67. The minimum Gasteiger partial charge on any atom is -0.354 e. The molecule has 31 heavy (non-hydrogen) atoms. The number of piperazine rings is 1. The molecule has 0 N–H and O–H groups in total. The third kappa shape index (κ3) is 4.70. The van der Waals surface area contributed by atoms with E-state index in [-0.39, 0.29) is 17.7 Å². The number of aryl methyl sites for hydroxylation is 2. The summed E-state index contributed by atoms with van der Waals surface area (Å²) in [4.78, 5) is 30.5. The number of hydrogen-bond acceptors (Lipinski definition) is 5. The molecule has 7 heteroatoms. The van der Waals surface area contributed by atoms with Crippen LogP contribution in [0.5, 0.6) is 0 Å². The van der Waals surface area contributed by atoms with Crippen LogP contribution in [0.25, 0.3) is 11.3 Å². The first-order chi connectivity index (χ1) is 14.9. The lowest BCUT2D eigenvalue weighted by atomic mass is 9.96. The zero-order chi connectivity index (χ0) is 22.0. The van der Waals surface area contributed by atoms with Gasteiger partial charge < -0.3 is 14.7 Å². The molecule has 0 spiro atoms. The first-order valence-corrected chi connectivity index (χ1v) is 11.1. The van der Waals surface area contributed by atoms with Crippen molar-refractivity contribution in [3.63, 3.8) is 0 Å². The normalized spacial score (nSPS) is 19.5. The van der Waals surface area contributed by atoms with Gasteiger partial charge in [-0.25, -0.2) is 0 Å². The Balaban J connectivity index is 1.39. The topological polar surface area (TPSA) is 69.6 Å². The van der Waals surface area contributed by atoms with Crippen molar-refractivity contribution in [3.05, 3.63) is 41.5 Å². The molecule has 4 rings (SSSR count). The van der Waals surface area contributed by atoms with E-state index in [1.165, 1.54) is 11.1 Å². The van der Waals surface area contributed by atoms with Gasteiger partial charge in [-0.15, -0.1) is 10.2 Å². The van der Waals surface area contributed by atoms with E-state index in [9.17, 15) is 9.59 Å². The molecule has 0 saturated carbocycles. The molecule has 2 aliphatic heterocycles. The third-order valence-corrected chi connectivity index (χ3v) is 6.58. The summed E-state index contributed by atoms with van der Waals surface area (Å²) in [6, 6.07) is 10.3. The Kier molecular flexibility index (Phi) is 6.20. The van der Waals surface area contributed by atoms with E-state index in [1.807, 2.05) is 21.9 Å². The maximum atomic E-state index is 13.1. The van der Waals surface area contributed by atoms with Gasteiger partial charge in [-0.2, -0.15) is 0 Å². The van der Waals surface area contributed by atoms with Gasteiger partial charge in [0, 0.05) is 51.8 Å². The maximum absolute atomic E-state index is 13.1. The molecular weight excluding hydrogens is 390 g/mol. The highest BCUT2D eigenvalue weighted by molar-refractivity contribution is 5.80. The molecule has 0 bridgehead atoms. The molecule has 2 saturated heterocycles. The van der Waals surface area contributed by atoms with Crippen LogP contribution in [0.15, 0.2) is 30.3 Å². The molecule has 0 radical (unpaired) electrons. The average Bonchev–Trinajstić information content (AvgIpc) is 2.80. The second kappa shape index (κ2) is 9.04. The fourth-order valence-corrected chi connectivity index (χ4v) is 4.44. The molecule has 2 aliphatic rings. The molecule has 2 aromatic rings. The largest absolute Gasteiger partial charge is 0.354 e. The van der Waals surface area contributed by atoms with Crippen LogP contribution < -0.4 is 4.90 Å². The molecule has 2 amide bonds. The van der Waals surface area contributed by atoms with E-state index in [1.54, 1.807) is 6.92 Å². The maximum Gasteiger partial charge on any atom is 0.227 e. The van der Waals surface area contributed by atoms with Gasteiger partial charge in [-0.3, -0.25) is 9.59 Å². The number of aromatic nitrogens is 2. The van der Waals surface area contributed by atoms with Gasteiger partial charge in [0.05, 0.1) is 11.6 Å². The Bertz CT molecular complexity index is 951. The summed E-state index contributed by atoms with van der Waals surface area (Å²) in [6.45, 7) is 9.85. The Morgan fingerprint density at radius 2 is 1.65 bits per heavy atom. The van der Waals surface area contributed by atoms with E-state index < -0.39 is 0 Å². The first kappa shape index (κ1) is 21.3. The van der Waals surface area contributed by atoms with E-state index in [0.29, 0.717) is 32.7 Å². The van der Waals surface area contributed by atoms with Crippen molar-refractivity contribution in [2.75, 3.05) is 44.2 Å². The quantitative estimate of drug-likeness (QED) is 0.762. The number of rotatable bonds is 3. The second-order valence-electron chi connectivity index (χ2n) is 8.69. The van der Waals surface area contributed by atoms with Crippen molar-refractivity contribution in [1.82, 2.24) is 20.0 Å². The zero-order valence-electron chi connectivity index (χ0n) is 18.7. The van der Waals surface area contributed by atoms with Crippen molar-refractivity contribution in [3.8, 4) is 11.3 Å². The summed E-state index contributed by atoms with van der Waals surface area (Å²) in [5.74, 6) is 1.08. The number of carbonyl (C=O) groups excluding carboxylic acids is 2. The monoisotopic (exact) mass is 421 g/mol. The minimum absolute atomic E-state index is 0.0288. The molecule has 1 aromatic heterocycles. The summed E-state index contributed by atoms with van der Waals surface area (Å²) in [7, 11) is 0. The van der Waals surface area contributed by atoms with Gasteiger partial charge in [0.2, 0.25) is 11.8 Å². The van der Waals surface area contributed by atoms with Gasteiger partial charge in [0.15, 0.2) is 5.82 Å². The Morgan fingerprint density at radius 3 is 2.29 bits per heavy atom. The number of amides is 2. The lowest BCUT2D eigenvalue weighted by molar-refractivity contribution is -0.141. The van der Waals surface area contributed by atoms with E-state index in [2.05, 4.69) is 47.1 Å². The molecule has 0 unspecified atom stereocenters. The minimum atomic E-state index is -0.0288. The Morgan fingerprint density at radius 1 is 0.903 bits per heavy atom. The molecule has 7 nitrogen and oxygen atoms in total. The van der Waals surface area contributed by atoms with Gasteiger partial charge >= 0.3 is 0 Å². The fourth-order valence-electron chi connectivity index (χ4n) is 4.44. The number of benzene rings is 1. The number of carbonyl (C=O) groups is 2. The van der Waals surface area contributed by atoms with Crippen LogP contribution in [-0.2, 0) is 9.59 Å². The second-order valence-corrected chi connectivity index (χ2v) is 8.69. The number of hydrogen-bond donors (Lipinski definition) is 0. The first-order valence-electron chi connectivity index (χ1n) is 11.1. The Hall–Kier alpha value is -2.96. The zero-order valence-corrected chi connectivity index (χ0v) is 18.7. The molecule has 1 atom stereocenters. The summed E-state index contributed by atoms with van der Waals surface area (Å²) < 4.78 is 0. The SMILES string of the molecule is CC(=O)N1CCN(C(=O)[C@@H]2CCCN(c3ccc(-c4ccc(C)c(C)c4)nn3)C2)CC1. The van der Waals surface area contributed by atoms with E-state index in [0.717, 1.165) is 36.5 Å². The summed E-state index contributed by atoms with van der Waals surface area (Å²) >= 11 is 0. The van der Waals surface area contributed by atoms with Crippen LogP contribution in [-0.4, -0.2) is 71.1 Å². The summed E-state index contributed by atoms with van der Waals surface area (Å²) in [5.41, 5.74) is 4.43. The van der Waals surface area contributed by atoms with Gasteiger partial charge in [0.25, 0.3) is 0 Å². The van der Waals surface area contributed by atoms with Crippen LogP contribution in [0.3, 0.4) is 0 Å². The van der Waals surface area contributed by atoms with Crippen molar-refractivity contribution in [2.45, 2.75) is 33.6 Å². The van der Waals surface area contributed by atoms with E-state index in [4.69, 9.17) is 0 Å². The smallest absolute Gasteiger partial charge is 0.227 e. The summed E-state index contributed by atoms with van der Waals surface area (Å²) in [5, 5.41) is 8.93.